The predicted molar refractivity (Wildman–Crippen MR) is 88.1 cm³/mol. The lowest BCUT2D eigenvalue weighted by molar-refractivity contribution is 0.533. The van der Waals surface area contributed by atoms with Gasteiger partial charge in [0.15, 0.2) is 5.96 Å². The van der Waals surface area contributed by atoms with Crippen molar-refractivity contribution in [3.8, 4) is 0 Å². The highest BCUT2D eigenvalue weighted by Crippen LogP contribution is 2.19. The van der Waals surface area contributed by atoms with Crippen molar-refractivity contribution in [3.05, 3.63) is 29.1 Å². The Labute approximate surface area is 131 Å². The van der Waals surface area contributed by atoms with Crippen molar-refractivity contribution in [3.63, 3.8) is 0 Å². The van der Waals surface area contributed by atoms with Crippen molar-refractivity contribution in [2.45, 2.75) is 32.2 Å². The van der Waals surface area contributed by atoms with Crippen molar-refractivity contribution in [2.75, 3.05) is 20.1 Å². The van der Waals surface area contributed by atoms with Crippen molar-refractivity contribution in [1.82, 2.24) is 15.2 Å². The molecule has 2 aliphatic rings. The lowest BCUT2D eigenvalue weighted by atomic mass is 9.96. The fourth-order valence-corrected chi connectivity index (χ4v) is 2.62. The van der Waals surface area contributed by atoms with Gasteiger partial charge in [0.1, 0.15) is 0 Å². The average Bonchev–Trinajstić information content (AvgIpc) is 2.82. The number of guanidine groups is 1. The first-order valence-electron chi connectivity index (χ1n) is 6.80. The second-order valence-electron chi connectivity index (χ2n) is 5.10. The molecule has 0 atom stereocenters. The molecule has 104 valence electrons. The number of aliphatic imine (C=N–C) groups is 1. The van der Waals surface area contributed by atoms with Gasteiger partial charge in [0.25, 0.3) is 0 Å². The summed E-state index contributed by atoms with van der Waals surface area (Å²) >= 11 is 0. The topological polar surface area (TPSA) is 40.5 Å². The molecule has 19 heavy (non-hydrogen) atoms. The summed E-state index contributed by atoms with van der Waals surface area (Å²) in [5, 5.41) is 3.37. The number of fused-ring (bicyclic) bond motifs is 1. The molecule has 2 heterocycles. The third-order valence-electron chi connectivity index (χ3n) is 3.72. The second kappa shape index (κ2) is 6.54. The van der Waals surface area contributed by atoms with E-state index in [1.165, 1.54) is 30.5 Å². The van der Waals surface area contributed by atoms with Gasteiger partial charge in [-0.3, -0.25) is 9.98 Å². The highest BCUT2D eigenvalue weighted by Gasteiger charge is 2.13. The number of aryl methyl sites for hydroxylation is 2. The lowest BCUT2D eigenvalue weighted by Crippen LogP contribution is -2.35. The van der Waals surface area contributed by atoms with Crippen LogP contribution in [0.3, 0.4) is 0 Å². The summed E-state index contributed by atoms with van der Waals surface area (Å²) in [4.78, 5) is 11.3. The highest BCUT2D eigenvalue weighted by atomic mass is 127. The molecule has 0 fully saturated rings. The minimum absolute atomic E-state index is 0. The number of hydrogen-bond acceptors (Lipinski definition) is 4. The molecule has 0 unspecified atom stereocenters. The summed E-state index contributed by atoms with van der Waals surface area (Å²) in [7, 11) is 2.07. The molecule has 4 nitrogen and oxygen atoms in total. The van der Waals surface area contributed by atoms with E-state index in [4.69, 9.17) is 4.98 Å². The molecule has 1 aliphatic heterocycles. The van der Waals surface area contributed by atoms with E-state index in [9.17, 15) is 0 Å². The molecular weight excluding hydrogens is 351 g/mol. The van der Waals surface area contributed by atoms with E-state index in [1.54, 1.807) is 0 Å². The van der Waals surface area contributed by atoms with E-state index in [1.807, 2.05) is 0 Å². The normalized spacial score (nSPS) is 17.5. The number of nitrogens with zero attached hydrogens (tertiary/aromatic N) is 3. The molecule has 0 spiro atoms. The maximum Gasteiger partial charge on any atom is 0.194 e. The third-order valence-corrected chi connectivity index (χ3v) is 3.72. The number of nitrogens with one attached hydrogen (secondary N) is 1. The molecular formula is C14H21IN4. The Bertz CT molecular complexity index is 473. The Morgan fingerprint density at radius 2 is 2.11 bits per heavy atom. The van der Waals surface area contributed by atoms with Crippen LogP contribution in [0.2, 0.25) is 0 Å². The lowest BCUT2D eigenvalue weighted by Gasteiger charge is -2.17. The Morgan fingerprint density at radius 1 is 1.26 bits per heavy atom. The fourth-order valence-electron chi connectivity index (χ4n) is 2.62. The van der Waals surface area contributed by atoms with E-state index < -0.39 is 0 Å². The van der Waals surface area contributed by atoms with Crippen LogP contribution in [-0.2, 0) is 19.4 Å². The average molecular weight is 372 g/mol. The standard InChI is InChI=1S/C14H20N4.HI/c1-18-9-8-15-14(18)16-10-12-7-6-11-4-2-3-5-13(11)17-12;/h6-7H,2-5,8-10H2,1H3,(H,15,16);1H. The summed E-state index contributed by atoms with van der Waals surface area (Å²) in [6, 6.07) is 4.39. The van der Waals surface area contributed by atoms with Crippen LogP contribution in [0, 0.1) is 0 Å². The zero-order valence-electron chi connectivity index (χ0n) is 11.4. The first-order chi connectivity index (χ1) is 8.83. The minimum Gasteiger partial charge on any atom is -0.351 e. The third kappa shape index (κ3) is 3.38. The Kier molecular flexibility index (Phi) is 5.01. The molecule has 1 N–H and O–H groups in total. The Morgan fingerprint density at radius 3 is 2.89 bits per heavy atom. The SMILES string of the molecule is CN1CCN=C1NCc1ccc2c(n1)CCCC2.I. The highest BCUT2D eigenvalue weighted by molar-refractivity contribution is 14.0. The quantitative estimate of drug-likeness (QED) is 0.808. The van der Waals surface area contributed by atoms with Crippen LogP contribution in [0.1, 0.15) is 29.8 Å². The van der Waals surface area contributed by atoms with Crippen molar-refractivity contribution >= 4 is 29.9 Å². The smallest absolute Gasteiger partial charge is 0.194 e. The van der Waals surface area contributed by atoms with Crippen molar-refractivity contribution in [2.24, 2.45) is 4.99 Å². The monoisotopic (exact) mass is 372 g/mol. The van der Waals surface area contributed by atoms with Gasteiger partial charge >= 0.3 is 0 Å². The molecule has 1 aliphatic carbocycles. The zero-order chi connectivity index (χ0) is 12.4. The van der Waals surface area contributed by atoms with Crippen molar-refractivity contribution in [1.29, 1.82) is 0 Å². The number of pyridine rings is 1. The van der Waals surface area contributed by atoms with Crippen LogP contribution in [0.15, 0.2) is 17.1 Å². The van der Waals surface area contributed by atoms with Gasteiger partial charge in [-0.2, -0.15) is 0 Å². The molecule has 0 bridgehead atoms. The van der Waals surface area contributed by atoms with Crippen LogP contribution in [0.4, 0.5) is 0 Å². The van der Waals surface area contributed by atoms with Gasteiger partial charge < -0.3 is 10.2 Å². The molecule has 0 radical (unpaired) electrons. The van der Waals surface area contributed by atoms with Gasteiger partial charge in [0.2, 0.25) is 0 Å². The predicted octanol–water partition coefficient (Wildman–Crippen LogP) is 1.97. The van der Waals surface area contributed by atoms with Crippen LogP contribution >= 0.6 is 24.0 Å². The number of aromatic nitrogens is 1. The number of likely N-dealkylation sites (N-methyl/N-ethyl adjacent to an activating group) is 1. The van der Waals surface area contributed by atoms with E-state index in [-0.39, 0.29) is 24.0 Å². The summed E-state index contributed by atoms with van der Waals surface area (Å²) < 4.78 is 0. The molecule has 3 rings (SSSR count). The fraction of sp³-hybridized carbons (Fsp3) is 0.571. The number of rotatable bonds is 2. The van der Waals surface area contributed by atoms with Gasteiger partial charge in [0, 0.05) is 19.3 Å². The Balaban J connectivity index is 0.00000133. The molecule has 0 saturated carbocycles. The molecule has 0 saturated heterocycles. The van der Waals surface area contributed by atoms with Gasteiger partial charge in [-0.05, 0) is 37.3 Å². The summed E-state index contributed by atoms with van der Waals surface area (Å²) in [6.45, 7) is 2.69. The van der Waals surface area contributed by atoms with Gasteiger partial charge in [0.05, 0.1) is 18.8 Å². The summed E-state index contributed by atoms with van der Waals surface area (Å²) in [6.07, 6.45) is 4.94. The van der Waals surface area contributed by atoms with Gasteiger partial charge in [-0.25, -0.2) is 0 Å². The largest absolute Gasteiger partial charge is 0.351 e. The molecule has 1 aromatic rings. The van der Waals surface area contributed by atoms with Crippen LogP contribution in [-0.4, -0.2) is 36.0 Å². The van der Waals surface area contributed by atoms with Crippen molar-refractivity contribution < 1.29 is 0 Å². The van der Waals surface area contributed by atoms with E-state index in [2.05, 4.69) is 34.4 Å². The minimum atomic E-state index is 0. The maximum atomic E-state index is 4.76. The molecule has 5 heteroatoms. The van der Waals surface area contributed by atoms with Crippen LogP contribution < -0.4 is 5.32 Å². The first-order valence-corrected chi connectivity index (χ1v) is 6.80. The number of halogens is 1. The summed E-state index contributed by atoms with van der Waals surface area (Å²) in [5.41, 5.74) is 3.88. The van der Waals surface area contributed by atoms with E-state index in [0.717, 1.165) is 37.7 Å². The Hall–Kier alpha value is -0.850. The van der Waals surface area contributed by atoms with E-state index in [0.29, 0.717) is 0 Å². The maximum absolute atomic E-state index is 4.76. The molecule has 1 aromatic heterocycles. The van der Waals surface area contributed by atoms with Gasteiger partial charge in [-0.1, -0.05) is 6.07 Å². The van der Waals surface area contributed by atoms with Gasteiger partial charge in [-0.15, -0.1) is 24.0 Å². The molecule has 0 aromatic carbocycles. The number of hydrogen-bond donors (Lipinski definition) is 1. The van der Waals surface area contributed by atoms with Crippen LogP contribution in [0.25, 0.3) is 0 Å². The molecule has 0 amide bonds. The van der Waals surface area contributed by atoms with E-state index >= 15 is 0 Å². The first kappa shape index (κ1) is 14.6. The zero-order valence-corrected chi connectivity index (χ0v) is 13.7. The summed E-state index contributed by atoms with van der Waals surface area (Å²) in [5.74, 6) is 0.995. The van der Waals surface area contributed by atoms with Crippen LogP contribution in [0.5, 0.6) is 0 Å². The second-order valence-corrected chi connectivity index (χ2v) is 5.10.